The Kier molecular flexibility index (Phi) is 2.49. The highest BCUT2D eigenvalue weighted by Gasteiger charge is 2.72. The van der Waals surface area contributed by atoms with Gasteiger partial charge in [-0.25, -0.2) is 0 Å². The highest BCUT2D eigenvalue weighted by atomic mass is 16.5. The molecular formula is C16H23NO2. The summed E-state index contributed by atoms with van der Waals surface area (Å²) in [6.07, 6.45) is 3.10. The lowest BCUT2D eigenvalue weighted by Gasteiger charge is -2.42. The van der Waals surface area contributed by atoms with Crippen molar-refractivity contribution in [2.75, 3.05) is 0 Å². The number of Topliss-reactive ketones (excluding diaryl/α,β-unsaturated/α-hetero) is 1. The summed E-state index contributed by atoms with van der Waals surface area (Å²) in [6.45, 7) is 8.60. The van der Waals surface area contributed by atoms with Gasteiger partial charge in [0.05, 0.1) is 17.6 Å². The van der Waals surface area contributed by atoms with Gasteiger partial charge in [-0.2, -0.15) is 5.26 Å². The van der Waals surface area contributed by atoms with Crippen LogP contribution in [0.4, 0.5) is 0 Å². The molecule has 3 aliphatic rings. The number of carbonyl (C=O) groups is 1. The molecule has 3 nitrogen and oxygen atoms in total. The third kappa shape index (κ3) is 1.34. The Bertz CT molecular complexity index is 480. The molecule has 0 N–H and O–H groups in total. The molecule has 3 heteroatoms. The van der Waals surface area contributed by atoms with Crippen LogP contribution in [-0.2, 0) is 9.53 Å². The van der Waals surface area contributed by atoms with Gasteiger partial charge >= 0.3 is 0 Å². The second-order valence-electron chi connectivity index (χ2n) is 7.57. The number of hydrogen-bond acceptors (Lipinski definition) is 3. The van der Waals surface area contributed by atoms with Crippen LogP contribution in [0.3, 0.4) is 0 Å². The molecule has 0 radical (unpaired) electrons. The van der Waals surface area contributed by atoms with E-state index >= 15 is 0 Å². The number of ether oxygens (including phenoxy) is 1. The average molecular weight is 261 g/mol. The van der Waals surface area contributed by atoms with Gasteiger partial charge in [0.1, 0.15) is 5.60 Å². The first-order valence-corrected chi connectivity index (χ1v) is 7.41. The number of carbonyl (C=O) groups excluding carboxylic acids is 1. The van der Waals surface area contributed by atoms with E-state index < -0.39 is 11.0 Å². The minimum absolute atomic E-state index is 0.0678. The van der Waals surface area contributed by atoms with Crippen LogP contribution in [0, 0.1) is 34.0 Å². The molecule has 0 aromatic heterocycles. The number of hydrogen-bond donors (Lipinski definition) is 0. The van der Waals surface area contributed by atoms with Crippen LogP contribution < -0.4 is 0 Å². The maximum absolute atomic E-state index is 12.7. The van der Waals surface area contributed by atoms with Crippen LogP contribution in [0.15, 0.2) is 0 Å². The van der Waals surface area contributed by atoms with Gasteiger partial charge in [0.25, 0.3) is 0 Å². The van der Waals surface area contributed by atoms with Crippen LogP contribution in [0.1, 0.15) is 53.4 Å². The molecule has 2 heterocycles. The summed E-state index contributed by atoms with van der Waals surface area (Å²) >= 11 is 0. The normalized spacial score (nSPS) is 52.3. The molecule has 2 bridgehead atoms. The smallest absolute Gasteiger partial charge is 0.166 e. The van der Waals surface area contributed by atoms with Crippen molar-refractivity contribution in [2.24, 2.45) is 22.7 Å². The Balaban J connectivity index is 2.07. The molecule has 2 saturated heterocycles. The Morgan fingerprint density at radius 2 is 2.11 bits per heavy atom. The van der Waals surface area contributed by atoms with E-state index in [2.05, 4.69) is 26.8 Å². The molecule has 19 heavy (non-hydrogen) atoms. The van der Waals surface area contributed by atoms with Crippen molar-refractivity contribution in [2.45, 2.75) is 65.1 Å². The van der Waals surface area contributed by atoms with Crippen LogP contribution >= 0.6 is 0 Å². The summed E-state index contributed by atoms with van der Waals surface area (Å²) < 4.78 is 6.24. The van der Waals surface area contributed by atoms with E-state index in [1.54, 1.807) is 0 Å². The first-order valence-electron chi connectivity index (χ1n) is 7.41. The number of nitrogens with zero attached hydrogens (tertiary/aromatic N) is 1. The zero-order valence-electron chi connectivity index (χ0n) is 12.3. The standard InChI is InChI=1S/C16H23NO2/c1-10(2)11-5-6-16-12(18)7-14(3,9-17)13(19-16)8-15(11,16)4/h10-11,13H,5-8H2,1-4H3. The van der Waals surface area contributed by atoms with Crippen LogP contribution in [0.25, 0.3) is 0 Å². The van der Waals surface area contributed by atoms with Gasteiger partial charge < -0.3 is 4.74 Å². The molecule has 1 spiro atoms. The van der Waals surface area contributed by atoms with Gasteiger partial charge in [-0.1, -0.05) is 20.8 Å². The van der Waals surface area contributed by atoms with E-state index in [4.69, 9.17) is 4.74 Å². The van der Waals surface area contributed by atoms with Crippen LogP contribution in [0.2, 0.25) is 0 Å². The molecule has 0 aromatic rings. The molecule has 1 saturated carbocycles. The lowest BCUT2D eigenvalue weighted by molar-refractivity contribution is -0.171. The first-order chi connectivity index (χ1) is 8.79. The Morgan fingerprint density at radius 1 is 1.42 bits per heavy atom. The molecule has 3 rings (SSSR count). The summed E-state index contributed by atoms with van der Waals surface area (Å²) in [5, 5.41) is 9.43. The zero-order valence-corrected chi connectivity index (χ0v) is 12.3. The van der Waals surface area contributed by atoms with Crippen molar-refractivity contribution in [1.29, 1.82) is 5.26 Å². The van der Waals surface area contributed by atoms with Crippen molar-refractivity contribution >= 4 is 5.78 Å². The van der Waals surface area contributed by atoms with Crippen molar-refractivity contribution in [3.63, 3.8) is 0 Å². The highest BCUT2D eigenvalue weighted by molar-refractivity contribution is 5.91. The SMILES string of the molecule is CC(C)C1CCC23OC(CC12C)C(C)(C#N)CC3=O. The van der Waals surface area contributed by atoms with Crippen molar-refractivity contribution in [3.8, 4) is 6.07 Å². The molecule has 5 atom stereocenters. The van der Waals surface area contributed by atoms with Gasteiger partial charge in [-0.05, 0) is 38.0 Å². The number of ketones is 1. The predicted molar refractivity (Wildman–Crippen MR) is 71.2 cm³/mol. The summed E-state index contributed by atoms with van der Waals surface area (Å²) in [4.78, 5) is 12.7. The monoisotopic (exact) mass is 261 g/mol. The van der Waals surface area contributed by atoms with Gasteiger partial charge in [-0.15, -0.1) is 0 Å². The minimum atomic E-state index is -0.628. The molecule has 2 aliphatic heterocycles. The fourth-order valence-electron chi connectivity index (χ4n) is 5.09. The summed E-state index contributed by atoms with van der Waals surface area (Å²) in [5.41, 5.74) is -1.28. The fraction of sp³-hybridized carbons (Fsp3) is 0.875. The van der Waals surface area contributed by atoms with Crippen LogP contribution in [-0.4, -0.2) is 17.5 Å². The maximum atomic E-state index is 12.7. The topological polar surface area (TPSA) is 50.1 Å². The second-order valence-corrected chi connectivity index (χ2v) is 7.57. The number of rotatable bonds is 1. The quantitative estimate of drug-likeness (QED) is 0.728. The summed E-state index contributed by atoms with van der Waals surface area (Å²) in [7, 11) is 0. The Hall–Kier alpha value is -0.880. The molecule has 3 fully saturated rings. The first kappa shape index (κ1) is 13.1. The van der Waals surface area contributed by atoms with E-state index in [0.717, 1.165) is 19.3 Å². The second kappa shape index (κ2) is 3.61. The van der Waals surface area contributed by atoms with Gasteiger partial charge in [0.15, 0.2) is 5.78 Å². The molecule has 1 aliphatic carbocycles. The van der Waals surface area contributed by atoms with Crippen molar-refractivity contribution < 1.29 is 9.53 Å². The lowest BCUT2D eigenvalue weighted by atomic mass is 9.66. The van der Waals surface area contributed by atoms with Crippen molar-refractivity contribution in [3.05, 3.63) is 0 Å². The van der Waals surface area contributed by atoms with E-state index in [1.165, 1.54) is 0 Å². The highest BCUT2D eigenvalue weighted by Crippen LogP contribution is 2.67. The summed E-state index contributed by atoms with van der Waals surface area (Å²) in [5.74, 6) is 1.27. The van der Waals surface area contributed by atoms with E-state index in [-0.39, 0.29) is 17.3 Å². The third-order valence-corrected chi connectivity index (χ3v) is 6.25. The predicted octanol–water partition coefficient (Wildman–Crippen LogP) is 3.09. The largest absolute Gasteiger partial charge is 0.362 e. The number of fused-ring (bicyclic) bond motifs is 1. The molecular weight excluding hydrogens is 238 g/mol. The zero-order chi connectivity index (χ0) is 14.1. The number of nitriles is 1. The van der Waals surface area contributed by atoms with E-state index in [9.17, 15) is 10.1 Å². The third-order valence-electron chi connectivity index (χ3n) is 6.25. The van der Waals surface area contributed by atoms with Gasteiger partial charge in [0, 0.05) is 11.8 Å². The van der Waals surface area contributed by atoms with E-state index in [1.807, 2.05) is 6.92 Å². The lowest BCUT2D eigenvalue weighted by Crippen LogP contribution is -2.53. The average Bonchev–Trinajstić information content (AvgIpc) is 2.75. The Labute approximate surface area is 115 Å². The molecule has 0 aromatic carbocycles. The minimum Gasteiger partial charge on any atom is -0.362 e. The molecule has 104 valence electrons. The molecule has 5 unspecified atom stereocenters. The van der Waals surface area contributed by atoms with E-state index in [0.29, 0.717) is 18.3 Å². The van der Waals surface area contributed by atoms with Gasteiger partial charge in [-0.3, -0.25) is 4.79 Å². The maximum Gasteiger partial charge on any atom is 0.166 e. The van der Waals surface area contributed by atoms with Gasteiger partial charge in [0.2, 0.25) is 0 Å². The Morgan fingerprint density at radius 3 is 2.68 bits per heavy atom. The van der Waals surface area contributed by atoms with Crippen molar-refractivity contribution in [1.82, 2.24) is 0 Å². The summed E-state index contributed by atoms with van der Waals surface area (Å²) in [6, 6.07) is 2.34. The fourth-order valence-corrected chi connectivity index (χ4v) is 5.09. The van der Waals surface area contributed by atoms with Crippen LogP contribution in [0.5, 0.6) is 0 Å². The molecule has 0 amide bonds.